The van der Waals surface area contributed by atoms with E-state index in [9.17, 15) is 9.90 Å². The molecule has 1 fully saturated rings. The largest absolute Gasteiger partial charge is 0.508 e. The average molecular weight is 424 g/mol. The number of esters is 1. The molecule has 3 rings (SSSR count). The van der Waals surface area contributed by atoms with Crippen molar-refractivity contribution < 1.29 is 14.6 Å². The third-order valence-corrected chi connectivity index (χ3v) is 6.62. The number of phenols is 1. The molecule has 2 aromatic carbocycles. The second kappa shape index (κ2) is 9.44. The van der Waals surface area contributed by atoms with Crippen LogP contribution in [0, 0.1) is 11.8 Å². The molecule has 0 spiro atoms. The fourth-order valence-corrected chi connectivity index (χ4v) is 4.59. The first kappa shape index (κ1) is 23.3. The van der Waals surface area contributed by atoms with Gasteiger partial charge in [0.15, 0.2) is 0 Å². The average Bonchev–Trinajstić information content (AvgIpc) is 2.70. The summed E-state index contributed by atoms with van der Waals surface area (Å²) in [6.07, 6.45) is 1.68. The molecule has 1 N–H and O–H groups in total. The van der Waals surface area contributed by atoms with Crippen LogP contribution in [0.5, 0.6) is 5.75 Å². The van der Waals surface area contributed by atoms with Gasteiger partial charge >= 0.3 is 5.97 Å². The van der Waals surface area contributed by atoms with E-state index in [2.05, 4.69) is 36.9 Å². The van der Waals surface area contributed by atoms with Crippen molar-refractivity contribution in [2.24, 2.45) is 11.8 Å². The molecule has 0 radical (unpaired) electrons. The molecular weight excluding hydrogens is 386 g/mol. The van der Waals surface area contributed by atoms with Crippen molar-refractivity contribution in [3.8, 4) is 5.75 Å². The second-order valence-corrected chi connectivity index (χ2v) is 10.3. The van der Waals surface area contributed by atoms with Gasteiger partial charge in [-0.25, -0.2) is 0 Å². The number of phenolic OH excluding ortho intramolecular Hbond substituents is 1. The van der Waals surface area contributed by atoms with Crippen molar-refractivity contribution in [1.29, 1.82) is 0 Å². The summed E-state index contributed by atoms with van der Waals surface area (Å²) in [7, 11) is 0. The van der Waals surface area contributed by atoms with Crippen molar-refractivity contribution in [3.05, 3.63) is 65.7 Å². The lowest BCUT2D eigenvalue weighted by atomic mass is 9.68. The van der Waals surface area contributed by atoms with Gasteiger partial charge in [-0.1, -0.05) is 56.3 Å². The zero-order valence-corrected chi connectivity index (χ0v) is 19.6. The first-order valence-electron chi connectivity index (χ1n) is 11.4. The lowest BCUT2D eigenvalue weighted by Crippen LogP contribution is -2.49. The third-order valence-electron chi connectivity index (χ3n) is 6.62. The predicted molar refractivity (Wildman–Crippen MR) is 125 cm³/mol. The van der Waals surface area contributed by atoms with E-state index in [0.29, 0.717) is 24.6 Å². The van der Waals surface area contributed by atoms with Crippen molar-refractivity contribution in [2.45, 2.75) is 58.5 Å². The van der Waals surface area contributed by atoms with Crippen molar-refractivity contribution in [1.82, 2.24) is 4.90 Å². The highest BCUT2D eigenvalue weighted by Crippen LogP contribution is 2.40. The lowest BCUT2D eigenvalue weighted by Gasteiger charge is -2.45. The van der Waals surface area contributed by atoms with Gasteiger partial charge in [0.1, 0.15) is 11.4 Å². The molecule has 0 amide bonds. The quantitative estimate of drug-likeness (QED) is 0.650. The maximum absolute atomic E-state index is 13.0. The Labute approximate surface area is 187 Å². The van der Waals surface area contributed by atoms with Gasteiger partial charge in [-0.3, -0.25) is 4.79 Å². The molecule has 0 saturated carbocycles. The second-order valence-electron chi connectivity index (χ2n) is 10.3. The molecule has 0 aliphatic carbocycles. The molecule has 0 aromatic heterocycles. The standard InChI is InChI=1S/C27H37NO3/c1-20-18-28(15-14-27(20,5)23-12-9-13-24(29)17-23)19-22(25(30)31-26(2,3)4)16-21-10-7-6-8-11-21/h6-13,17,20,22,29H,14-16,18-19H2,1-5H3. The summed E-state index contributed by atoms with van der Waals surface area (Å²) in [5.41, 5.74) is 1.87. The molecular formula is C27H37NO3. The Morgan fingerprint density at radius 3 is 2.52 bits per heavy atom. The van der Waals surface area contributed by atoms with Crippen molar-refractivity contribution >= 4 is 5.97 Å². The van der Waals surface area contributed by atoms with Crippen LogP contribution in [0.15, 0.2) is 54.6 Å². The van der Waals surface area contributed by atoms with Crippen LogP contribution in [0.1, 0.15) is 52.2 Å². The Hall–Kier alpha value is -2.33. The van der Waals surface area contributed by atoms with Gasteiger partial charge in [-0.05, 0) is 74.8 Å². The van der Waals surface area contributed by atoms with Gasteiger partial charge in [0, 0.05) is 13.1 Å². The smallest absolute Gasteiger partial charge is 0.311 e. The van der Waals surface area contributed by atoms with E-state index in [1.807, 2.05) is 51.1 Å². The first-order chi connectivity index (χ1) is 14.6. The molecule has 4 nitrogen and oxygen atoms in total. The van der Waals surface area contributed by atoms with E-state index in [1.165, 1.54) is 5.56 Å². The van der Waals surface area contributed by atoms with E-state index >= 15 is 0 Å². The third kappa shape index (κ3) is 6.10. The van der Waals surface area contributed by atoms with Gasteiger partial charge < -0.3 is 14.7 Å². The minimum atomic E-state index is -0.491. The van der Waals surface area contributed by atoms with E-state index in [4.69, 9.17) is 4.74 Å². The fourth-order valence-electron chi connectivity index (χ4n) is 4.59. The van der Waals surface area contributed by atoms with Crippen molar-refractivity contribution in [2.75, 3.05) is 19.6 Å². The molecule has 1 saturated heterocycles. The van der Waals surface area contributed by atoms with Gasteiger partial charge in [0.2, 0.25) is 0 Å². The lowest BCUT2D eigenvalue weighted by molar-refractivity contribution is -0.160. The first-order valence-corrected chi connectivity index (χ1v) is 11.4. The fraction of sp³-hybridized carbons (Fsp3) is 0.519. The Bertz CT molecular complexity index is 874. The summed E-state index contributed by atoms with van der Waals surface area (Å²) >= 11 is 0. The SMILES string of the molecule is CC1CN(CC(Cc2ccccc2)C(=O)OC(C)(C)C)CCC1(C)c1cccc(O)c1. The molecule has 0 bridgehead atoms. The minimum Gasteiger partial charge on any atom is -0.508 e. The number of nitrogens with zero attached hydrogens (tertiary/aromatic N) is 1. The Balaban J connectivity index is 1.72. The molecule has 1 aliphatic rings. The number of hydrogen-bond donors (Lipinski definition) is 1. The van der Waals surface area contributed by atoms with E-state index in [-0.39, 0.29) is 17.3 Å². The van der Waals surface area contributed by atoms with Crippen LogP contribution in [-0.2, 0) is 21.4 Å². The molecule has 1 heterocycles. The molecule has 1 aliphatic heterocycles. The molecule has 4 heteroatoms. The molecule has 3 atom stereocenters. The van der Waals surface area contributed by atoms with Gasteiger partial charge in [-0.2, -0.15) is 0 Å². The predicted octanol–water partition coefficient (Wildman–Crippen LogP) is 5.19. The van der Waals surface area contributed by atoms with Crippen LogP contribution >= 0.6 is 0 Å². The number of hydrogen-bond acceptors (Lipinski definition) is 4. The summed E-state index contributed by atoms with van der Waals surface area (Å²) in [5.74, 6) is 0.407. The highest BCUT2D eigenvalue weighted by molar-refractivity contribution is 5.73. The summed E-state index contributed by atoms with van der Waals surface area (Å²) in [4.78, 5) is 15.4. The number of rotatable bonds is 6. The van der Waals surface area contributed by atoms with Crippen LogP contribution in [0.25, 0.3) is 0 Å². The van der Waals surface area contributed by atoms with E-state index in [1.54, 1.807) is 6.07 Å². The topological polar surface area (TPSA) is 49.8 Å². The zero-order valence-electron chi connectivity index (χ0n) is 19.6. The number of carbonyl (C=O) groups is 1. The highest BCUT2D eigenvalue weighted by Gasteiger charge is 2.39. The summed E-state index contributed by atoms with van der Waals surface area (Å²) in [6, 6.07) is 17.9. The molecule has 2 aromatic rings. The Morgan fingerprint density at radius 1 is 1.19 bits per heavy atom. The van der Waals surface area contributed by atoms with Gasteiger partial charge in [0.25, 0.3) is 0 Å². The number of ether oxygens (including phenoxy) is 1. The van der Waals surface area contributed by atoms with Crippen molar-refractivity contribution in [3.63, 3.8) is 0 Å². The van der Waals surface area contributed by atoms with Crippen LogP contribution in [0.3, 0.4) is 0 Å². The normalized spacial score (nSPS) is 23.3. The summed E-state index contributed by atoms with van der Waals surface area (Å²) in [5, 5.41) is 9.95. The zero-order chi connectivity index (χ0) is 22.6. The number of likely N-dealkylation sites (tertiary alicyclic amines) is 1. The van der Waals surface area contributed by atoms with Gasteiger partial charge in [0.05, 0.1) is 5.92 Å². The maximum Gasteiger partial charge on any atom is 0.311 e. The van der Waals surface area contributed by atoms with E-state index in [0.717, 1.165) is 25.1 Å². The van der Waals surface area contributed by atoms with Crippen LogP contribution in [-0.4, -0.2) is 41.2 Å². The minimum absolute atomic E-state index is 0.0100. The van der Waals surface area contributed by atoms with Crippen LogP contribution in [0.4, 0.5) is 0 Å². The monoisotopic (exact) mass is 423 g/mol. The number of aromatic hydroxyl groups is 1. The van der Waals surface area contributed by atoms with Crippen LogP contribution < -0.4 is 0 Å². The highest BCUT2D eigenvalue weighted by atomic mass is 16.6. The summed E-state index contributed by atoms with van der Waals surface area (Å²) < 4.78 is 5.77. The number of benzene rings is 2. The number of carbonyl (C=O) groups excluding carboxylic acids is 1. The Kier molecular flexibility index (Phi) is 7.10. The summed E-state index contributed by atoms with van der Waals surface area (Å²) in [6.45, 7) is 12.9. The molecule has 31 heavy (non-hydrogen) atoms. The van der Waals surface area contributed by atoms with E-state index < -0.39 is 5.60 Å². The number of piperidine rings is 1. The van der Waals surface area contributed by atoms with Gasteiger partial charge in [-0.15, -0.1) is 0 Å². The molecule has 168 valence electrons. The molecule has 3 unspecified atom stereocenters. The Morgan fingerprint density at radius 2 is 1.90 bits per heavy atom. The maximum atomic E-state index is 13.0. The van der Waals surface area contributed by atoms with Crippen LogP contribution in [0.2, 0.25) is 0 Å².